The van der Waals surface area contributed by atoms with Crippen molar-refractivity contribution in [3.8, 4) is 5.75 Å². The Hall–Kier alpha value is -2.54. The summed E-state index contributed by atoms with van der Waals surface area (Å²) in [5.74, 6) is -2.09. The zero-order valence-corrected chi connectivity index (χ0v) is 14.2. The lowest BCUT2D eigenvalue weighted by molar-refractivity contribution is -0.139. The zero-order chi connectivity index (χ0) is 17.9. The van der Waals surface area contributed by atoms with Crippen LogP contribution in [0.15, 0.2) is 29.5 Å². The Morgan fingerprint density at radius 2 is 2.04 bits per heavy atom. The van der Waals surface area contributed by atoms with E-state index in [0.717, 1.165) is 0 Å². The Kier molecular flexibility index (Phi) is 5.46. The minimum atomic E-state index is -0.963. The first-order valence-corrected chi connectivity index (χ1v) is 7.48. The third-order valence-electron chi connectivity index (χ3n) is 3.61. The lowest BCUT2D eigenvalue weighted by Gasteiger charge is -2.25. The number of ether oxygens (including phenoxy) is 2. The Bertz CT molecular complexity index is 729. The molecule has 0 fully saturated rings. The van der Waals surface area contributed by atoms with E-state index in [1.54, 1.807) is 19.1 Å². The maximum absolute atomic E-state index is 12.6. The summed E-state index contributed by atoms with van der Waals surface area (Å²) in [4.78, 5) is 36.4. The minimum Gasteiger partial charge on any atom is -0.495 e. The van der Waals surface area contributed by atoms with Gasteiger partial charge in [-0.15, -0.1) is 0 Å². The van der Waals surface area contributed by atoms with Crippen LogP contribution in [-0.2, 0) is 19.1 Å². The van der Waals surface area contributed by atoms with Crippen molar-refractivity contribution in [2.24, 2.45) is 5.92 Å². The molecule has 1 aromatic carbocycles. The fourth-order valence-electron chi connectivity index (χ4n) is 2.50. The second-order valence-corrected chi connectivity index (χ2v) is 5.61. The van der Waals surface area contributed by atoms with Gasteiger partial charge in [-0.2, -0.15) is 0 Å². The van der Waals surface area contributed by atoms with Gasteiger partial charge < -0.3 is 20.1 Å². The van der Waals surface area contributed by atoms with Gasteiger partial charge >= 0.3 is 5.97 Å². The molecule has 24 heavy (non-hydrogen) atoms. The fourth-order valence-corrected chi connectivity index (χ4v) is 2.68. The van der Waals surface area contributed by atoms with Crippen LogP contribution in [0.3, 0.4) is 0 Å². The molecular formula is C16H17ClN2O5. The number of halogens is 1. The lowest BCUT2D eigenvalue weighted by atomic mass is 9.89. The predicted molar refractivity (Wildman–Crippen MR) is 87.6 cm³/mol. The van der Waals surface area contributed by atoms with Crippen molar-refractivity contribution in [2.45, 2.75) is 13.3 Å². The quantitative estimate of drug-likeness (QED) is 0.807. The second-order valence-electron chi connectivity index (χ2n) is 5.17. The highest BCUT2D eigenvalue weighted by Gasteiger charge is 2.36. The smallest absolute Gasteiger partial charge is 0.336 e. The van der Waals surface area contributed by atoms with Gasteiger partial charge in [0.2, 0.25) is 11.8 Å². The number of anilines is 1. The molecule has 0 unspecified atom stereocenters. The largest absolute Gasteiger partial charge is 0.495 e. The standard InChI is InChI=1S/C16H17ClN2O5/c1-8-14(16(22)24-3)10(7-13(20)18-8)15(21)19-11-6-9(17)4-5-12(11)23-2/h4-6,10H,7H2,1-3H3,(H,18,20)(H,19,21)/t10-/m0/s1. The highest BCUT2D eigenvalue weighted by Crippen LogP contribution is 2.30. The molecule has 1 aromatic rings. The second kappa shape index (κ2) is 7.35. The van der Waals surface area contributed by atoms with Gasteiger partial charge in [-0.25, -0.2) is 4.79 Å². The van der Waals surface area contributed by atoms with Crippen molar-refractivity contribution < 1.29 is 23.9 Å². The molecule has 2 N–H and O–H groups in total. The number of methoxy groups -OCH3 is 2. The van der Waals surface area contributed by atoms with Crippen LogP contribution in [0.2, 0.25) is 5.02 Å². The van der Waals surface area contributed by atoms with Crippen LogP contribution in [-0.4, -0.2) is 32.0 Å². The molecule has 0 spiro atoms. The fraction of sp³-hybridized carbons (Fsp3) is 0.312. The molecule has 0 radical (unpaired) electrons. The summed E-state index contributed by atoms with van der Waals surface area (Å²) in [6.07, 6.45) is -0.156. The summed E-state index contributed by atoms with van der Waals surface area (Å²) in [6, 6.07) is 4.75. The number of carbonyl (C=O) groups excluding carboxylic acids is 3. The van der Waals surface area contributed by atoms with Crippen molar-refractivity contribution >= 4 is 35.1 Å². The van der Waals surface area contributed by atoms with E-state index in [1.165, 1.54) is 20.3 Å². The van der Waals surface area contributed by atoms with Gasteiger partial charge in [-0.3, -0.25) is 9.59 Å². The molecule has 1 atom stereocenters. The number of benzene rings is 1. The van der Waals surface area contributed by atoms with Crippen LogP contribution < -0.4 is 15.4 Å². The van der Waals surface area contributed by atoms with E-state index in [0.29, 0.717) is 22.2 Å². The summed E-state index contributed by atoms with van der Waals surface area (Å²) < 4.78 is 9.89. The highest BCUT2D eigenvalue weighted by atomic mass is 35.5. The third kappa shape index (κ3) is 3.68. The summed E-state index contributed by atoms with van der Waals surface area (Å²) in [7, 11) is 2.67. The molecule has 0 aromatic heterocycles. The number of amides is 2. The van der Waals surface area contributed by atoms with Crippen molar-refractivity contribution in [2.75, 3.05) is 19.5 Å². The Morgan fingerprint density at radius 1 is 1.33 bits per heavy atom. The predicted octanol–water partition coefficient (Wildman–Crippen LogP) is 1.87. The van der Waals surface area contributed by atoms with Crippen molar-refractivity contribution in [1.82, 2.24) is 5.32 Å². The molecule has 0 aliphatic carbocycles. The lowest BCUT2D eigenvalue weighted by Crippen LogP contribution is -2.40. The first-order valence-electron chi connectivity index (χ1n) is 7.10. The van der Waals surface area contributed by atoms with Gasteiger partial charge in [0.25, 0.3) is 0 Å². The van der Waals surface area contributed by atoms with E-state index in [1.807, 2.05) is 0 Å². The Morgan fingerprint density at radius 3 is 2.67 bits per heavy atom. The van der Waals surface area contributed by atoms with E-state index in [4.69, 9.17) is 21.1 Å². The minimum absolute atomic E-state index is 0.121. The maximum atomic E-state index is 12.6. The number of carbonyl (C=O) groups is 3. The van der Waals surface area contributed by atoms with E-state index < -0.39 is 17.8 Å². The topological polar surface area (TPSA) is 93.7 Å². The summed E-state index contributed by atoms with van der Waals surface area (Å²) in [5, 5.41) is 5.60. The summed E-state index contributed by atoms with van der Waals surface area (Å²) >= 11 is 5.94. The van der Waals surface area contributed by atoms with Crippen molar-refractivity contribution in [1.29, 1.82) is 0 Å². The van der Waals surface area contributed by atoms with Gasteiger partial charge in [0, 0.05) is 17.1 Å². The van der Waals surface area contributed by atoms with E-state index in [9.17, 15) is 14.4 Å². The molecule has 0 bridgehead atoms. The number of esters is 1. The molecule has 1 aliphatic heterocycles. The first kappa shape index (κ1) is 17.8. The number of hydrogen-bond donors (Lipinski definition) is 2. The van der Waals surface area contributed by atoms with E-state index in [2.05, 4.69) is 10.6 Å². The molecule has 1 heterocycles. The number of hydrogen-bond acceptors (Lipinski definition) is 5. The first-order chi connectivity index (χ1) is 11.4. The molecule has 1 aliphatic rings. The molecule has 128 valence electrons. The molecular weight excluding hydrogens is 336 g/mol. The number of nitrogens with one attached hydrogen (secondary N) is 2. The molecule has 8 heteroatoms. The molecule has 0 saturated carbocycles. The highest BCUT2D eigenvalue weighted by molar-refractivity contribution is 6.31. The van der Waals surface area contributed by atoms with Crippen LogP contribution in [0.25, 0.3) is 0 Å². The van der Waals surface area contributed by atoms with Crippen molar-refractivity contribution in [3.05, 3.63) is 34.5 Å². The van der Waals surface area contributed by atoms with Crippen molar-refractivity contribution in [3.63, 3.8) is 0 Å². The van der Waals surface area contributed by atoms with Crippen LogP contribution >= 0.6 is 11.6 Å². The van der Waals surface area contributed by atoms with E-state index >= 15 is 0 Å². The maximum Gasteiger partial charge on any atom is 0.336 e. The van der Waals surface area contributed by atoms with Gasteiger partial charge in [0.1, 0.15) is 5.75 Å². The SMILES string of the molecule is COC(=O)C1=C(C)NC(=O)C[C@@H]1C(=O)Nc1cc(Cl)ccc1OC. The van der Waals surface area contributed by atoms with E-state index in [-0.39, 0.29) is 17.9 Å². The molecule has 7 nitrogen and oxygen atoms in total. The van der Waals surface area contributed by atoms with Crippen LogP contribution in [0, 0.1) is 5.92 Å². The molecule has 0 saturated heterocycles. The van der Waals surface area contributed by atoms with Gasteiger partial charge in [0.05, 0.1) is 31.4 Å². The molecule has 2 amide bonds. The average molecular weight is 353 g/mol. The Labute approximate surface area is 144 Å². The van der Waals surface area contributed by atoms with Crippen LogP contribution in [0.4, 0.5) is 5.69 Å². The Balaban J connectivity index is 2.34. The normalized spacial score (nSPS) is 17.2. The third-order valence-corrected chi connectivity index (χ3v) is 3.85. The van der Waals surface area contributed by atoms with Crippen LogP contribution in [0.5, 0.6) is 5.75 Å². The van der Waals surface area contributed by atoms with Gasteiger partial charge in [0.15, 0.2) is 0 Å². The van der Waals surface area contributed by atoms with Crippen LogP contribution in [0.1, 0.15) is 13.3 Å². The molecule has 2 rings (SSSR count). The summed E-state index contributed by atoms with van der Waals surface area (Å²) in [6.45, 7) is 1.55. The number of allylic oxidation sites excluding steroid dienone is 1. The zero-order valence-electron chi connectivity index (χ0n) is 13.4. The average Bonchev–Trinajstić information content (AvgIpc) is 2.53. The van der Waals surface area contributed by atoms with Gasteiger partial charge in [-0.1, -0.05) is 11.6 Å². The van der Waals surface area contributed by atoms with Gasteiger partial charge in [-0.05, 0) is 25.1 Å². The number of rotatable bonds is 4. The monoisotopic (exact) mass is 352 g/mol. The summed E-state index contributed by atoms with van der Waals surface area (Å²) in [5.41, 5.74) is 0.773.